The van der Waals surface area contributed by atoms with Gasteiger partial charge in [-0.2, -0.15) is 5.26 Å². The molecule has 1 unspecified atom stereocenters. The molecule has 0 heterocycles. The van der Waals surface area contributed by atoms with Gasteiger partial charge >= 0.3 is 5.69 Å². The fraction of sp³-hybridized carbons (Fsp3) is 0.364. The lowest BCUT2D eigenvalue weighted by Crippen LogP contribution is -2.13. The minimum Gasteiger partial charge on any atom is -0.496 e. The summed E-state index contributed by atoms with van der Waals surface area (Å²) in [7, 11) is 1.42. The van der Waals surface area contributed by atoms with Gasteiger partial charge < -0.3 is 9.47 Å². The monoisotopic (exact) mass is 236 g/mol. The molecule has 0 aliphatic rings. The number of nitrogens with zero attached hydrogens (tertiary/aromatic N) is 2. The zero-order valence-electron chi connectivity index (χ0n) is 9.54. The average Bonchev–Trinajstić information content (AvgIpc) is 2.35. The predicted molar refractivity (Wildman–Crippen MR) is 60.0 cm³/mol. The zero-order chi connectivity index (χ0) is 12.8. The van der Waals surface area contributed by atoms with Crippen LogP contribution in [0.2, 0.25) is 0 Å². The van der Waals surface area contributed by atoms with Gasteiger partial charge in [-0.1, -0.05) is 6.92 Å². The Balaban J connectivity index is 3.07. The van der Waals surface area contributed by atoms with E-state index >= 15 is 0 Å². The summed E-state index contributed by atoms with van der Waals surface area (Å²) in [5.74, 6) is 0.443. The Hall–Kier alpha value is -2.29. The first-order valence-electron chi connectivity index (χ1n) is 5.01. The number of nitro groups is 1. The maximum absolute atomic E-state index is 10.8. The van der Waals surface area contributed by atoms with E-state index in [0.29, 0.717) is 12.2 Å². The Morgan fingerprint density at radius 3 is 2.76 bits per heavy atom. The van der Waals surface area contributed by atoms with E-state index in [2.05, 4.69) is 0 Å². The number of nitriles is 1. The second kappa shape index (κ2) is 5.70. The van der Waals surface area contributed by atoms with Crippen LogP contribution >= 0.6 is 0 Å². The van der Waals surface area contributed by atoms with Gasteiger partial charge in [-0.15, -0.1) is 0 Å². The van der Waals surface area contributed by atoms with Gasteiger partial charge in [-0.25, -0.2) is 0 Å². The molecule has 0 aliphatic heterocycles. The highest BCUT2D eigenvalue weighted by Crippen LogP contribution is 2.31. The summed E-state index contributed by atoms with van der Waals surface area (Å²) in [6, 6.07) is 6.16. The first kappa shape index (κ1) is 12.8. The van der Waals surface area contributed by atoms with Gasteiger partial charge in [-0.05, 0) is 18.6 Å². The normalized spacial score (nSPS) is 11.4. The molecule has 0 aromatic heterocycles. The molecule has 0 saturated heterocycles. The molecular weight excluding hydrogens is 224 g/mol. The molecule has 0 amide bonds. The third-order valence-corrected chi connectivity index (χ3v) is 2.15. The molecule has 0 radical (unpaired) electrons. The Morgan fingerprint density at radius 1 is 1.59 bits per heavy atom. The summed E-state index contributed by atoms with van der Waals surface area (Å²) in [4.78, 5) is 10.3. The molecule has 0 fully saturated rings. The average molecular weight is 236 g/mol. The van der Waals surface area contributed by atoms with Gasteiger partial charge in [0, 0.05) is 0 Å². The summed E-state index contributed by atoms with van der Waals surface area (Å²) in [6.45, 7) is 1.77. The fourth-order valence-corrected chi connectivity index (χ4v) is 1.22. The highest BCUT2D eigenvalue weighted by molar-refractivity contribution is 5.51. The summed E-state index contributed by atoms with van der Waals surface area (Å²) in [6.07, 6.45) is -0.234. The summed E-state index contributed by atoms with van der Waals surface area (Å²) >= 11 is 0. The summed E-state index contributed by atoms with van der Waals surface area (Å²) in [5.41, 5.74) is -0.210. The number of methoxy groups -OCH3 is 1. The van der Waals surface area contributed by atoms with Crippen molar-refractivity contribution < 1.29 is 14.4 Å². The zero-order valence-corrected chi connectivity index (χ0v) is 9.54. The molecule has 0 bridgehead atoms. The lowest BCUT2D eigenvalue weighted by molar-refractivity contribution is -0.386. The van der Waals surface area contributed by atoms with E-state index in [1.54, 1.807) is 13.0 Å². The molecule has 17 heavy (non-hydrogen) atoms. The lowest BCUT2D eigenvalue weighted by Gasteiger charge is -2.10. The minimum absolute atomic E-state index is 0.0733. The molecule has 1 rings (SSSR count). The second-order valence-electron chi connectivity index (χ2n) is 3.23. The van der Waals surface area contributed by atoms with Crippen molar-refractivity contribution in [3.63, 3.8) is 0 Å². The first-order valence-corrected chi connectivity index (χ1v) is 5.01. The molecule has 6 heteroatoms. The second-order valence-corrected chi connectivity index (χ2v) is 3.23. The van der Waals surface area contributed by atoms with Crippen molar-refractivity contribution in [1.29, 1.82) is 5.26 Å². The van der Waals surface area contributed by atoms with E-state index in [9.17, 15) is 10.1 Å². The maximum Gasteiger partial charge on any atom is 0.314 e. The molecule has 0 spiro atoms. The summed E-state index contributed by atoms with van der Waals surface area (Å²) in [5, 5.41) is 19.6. The van der Waals surface area contributed by atoms with Crippen molar-refractivity contribution in [2.45, 2.75) is 19.4 Å². The van der Waals surface area contributed by atoms with Crippen LogP contribution < -0.4 is 9.47 Å². The largest absolute Gasteiger partial charge is 0.496 e. The Kier molecular flexibility index (Phi) is 4.29. The van der Waals surface area contributed by atoms with Crippen molar-refractivity contribution in [3.8, 4) is 17.6 Å². The molecule has 0 saturated carbocycles. The SMILES string of the molecule is CCC(C#N)Oc1ccc(OC)cc1[N+](=O)[O-]. The van der Waals surface area contributed by atoms with Crippen molar-refractivity contribution in [3.05, 3.63) is 28.3 Å². The molecule has 0 aliphatic carbocycles. The van der Waals surface area contributed by atoms with E-state index < -0.39 is 11.0 Å². The number of hydrogen-bond donors (Lipinski definition) is 0. The van der Waals surface area contributed by atoms with Gasteiger partial charge in [0.25, 0.3) is 0 Å². The molecule has 1 aromatic rings. The quantitative estimate of drug-likeness (QED) is 0.578. The van der Waals surface area contributed by atoms with Gasteiger partial charge in [-0.3, -0.25) is 10.1 Å². The van der Waals surface area contributed by atoms with Crippen LogP contribution in [0.25, 0.3) is 0 Å². The number of benzene rings is 1. The molecule has 1 atom stereocenters. The van der Waals surface area contributed by atoms with E-state index in [-0.39, 0.29) is 11.4 Å². The van der Waals surface area contributed by atoms with Gasteiger partial charge in [0.2, 0.25) is 0 Å². The Labute approximate surface area is 98.5 Å². The number of hydrogen-bond acceptors (Lipinski definition) is 5. The molecule has 90 valence electrons. The van der Waals surface area contributed by atoms with Crippen molar-refractivity contribution >= 4 is 5.69 Å². The van der Waals surface area contributed by atoms with Crippen LogP contribution in [-0.2, 0) is 0 Å². The van der Waals surface area contributed by atoms with Crippen LogP contribution in [0.1, 0.15) is 13.3 Å². The van der Waals surface area contributed by atoms with Crippen LogP contribution in [-0.4, -0.2) is 18.1 Å². The maximum atomic E-state index is 10.8. The van der Waals surface area contributed by atoms with Crippen LogP contribution in [0, 0.1) is 21.4 Å². The van der Waals surface area contributed by atoms with Crippen molar-refractivity contribution in [2.75, 3.05) is 7.11 Å². The number of nitro benzene ring substituents is 1. The third-order valence-electron chi connectivity index (χ3n) is 2.15. The van der Waals surface area contributed by atoms with Gasteiger partial charge in [0.05, 0.1) is 18.1 Å². The van der Waals surface area contributed by atoms with E-state index in [0.717, 1.165) is 0 Å². The highest BCUT2D eigenvalue weighted by atomic mass is 16.6. The topological polar surface area (TPSA) is 85.4 Å². The van der Waals surface area contributed by atoms with Gasteiger partial charge in [0.15, 0.2) is 11.9 Å². The number of rotatable bonds is 5. The van der Waals surface area contributed by atoms with Crippen LogP contribution in [0.3, 0.4) is 0 Å². The molecule has 1 aromatic carbocycles. The fourth-order valence-electron chi connectivity index (χ4n) is 1.22. The summed E-state index contributed by atoms with van der Waals surface area (Å²) < 4.78 is 10.1. The highest BCUT2D eigenvalue weighted by Gasteiger charge is 2.19. The van der Waals surface area contributed by atoms with Crippen molar-refractivity contribution in [2.24, 2.45) is 0 Å². The van der Waals surface area contributed by atoms with Gasteiger partial charge in [0.1, 0.15) is 11.8 Å². The lowest BCUT2D eigenvalue weighted by atomic mass is 10.2. The number of ether oxygens (including phenoxy) is 2. The van der Waals surface area contributed by atoms with E-state index in [4.69, 9.17) is 14.7 Å². The Morgan fingerprint density at radius 2 is 2.29 bits per heavy atom. The predicted octanol–water partition coefficient (Wildman–Crippen LogP) is 2.28. The molecule has 0 N–H and O–H groups in total. The third kappa shape index (κ3) is 3.08. The van der Waals surface area contributed by atoms with Crippen LogP contribution in [0.5, 0.6) is 11.5 Å². The van der Waals surface area contributed by atoms with Crippen LogP contribution in [0.15, 0.2) is 18.2 Å². The minimum atomic E-state index is -0.693. The molecule has 6 nitrogen and oxygen atoms in total. The first-order chi connectivity index (χ1) is 8.12. The van der Waals surface area contributed by atoms with E-state index in [1.165, 1.54) is 19.2 Å². The molecular formula is C11H12N2O4. The Bertz CT molecular complexity index is 453. The van der Waals surface area contributed by atoms with E-state index in [1.807, 2.05) is 6.07 Å². The standard InChI is InChI=1S/C11H12N2O4/c1-3-8(7-12)17-11-5-4-9(16-2)6-10(11)13(14)15/h4-6,8H,3H2,1-2H3. The van der Waals surface area contributed by atoms with Crippen molar-refractivity contribution in [1.82, 2.24) is 0 Å². The smallest absolute Gasteiger partial charge is 0.314 e. The van der Waals surface area contributed by atoms with Crippen LogP contribution in [0.4, 0.5) is 5.69 Å².